The van der Waals surface area contributed by atoms with E-state index in [1.54, 1.807) is 23.9 Å². The number of rotatable bonds is 10. The van der Waals surface area contributed by atoms with Gasteiger partial charge < -0.3 is 19.9 Å². The van der Waals surface area contributed by atoms with Crippen LogP contribution in [0.3, 0.4) is 0 Å². The van der Waals surface area contributed by atoms with Crippen molar-refractivity contribution in [2.75, 3.05) is 41.7 Å². The molecule has 2 heterocycles. The zero-order valence-corrected chi connectivity index (χ0v) is 28.5. The van der Waals surface area contributed by atoms with E-state index in [4.69, 9.17) is 0 Å². The van der Waals surface area contributed by atoms with Crippen LogP contribution in [0, 0.1) is 12.8 Å². The van der Waals surface area contributed by atoms with Gasteiger partial charge in [-0.1, -0.05) is 68.9 Å². The SMILES string of the molecule is Cc1ccc(C(C)C)c(N2CCCSC2=NC(=O)NCCC(C)Cc2ccc(C3CCN(c4ccc(OC(F)(F)F)cc4)C3)cc2)c1. The number of amides is 2. The number of nitrogens with zero attached hydrogens (tertiary/aromatic N) is 3. The zero-order chi connectivity index (χ0) is 33.6. The standard InChI is InChI=1S/C37H45F3N4O2S/c1-25(2)33-15-6-26(3)23-34(33)44-19-5-21-47-36(44)42-35(45)41-18-16-27(4)22-28-7-9-29(10-8-28)30-17-20-43(24-30)31-11-13-32(14-12-31)46-37(38,39)40/h6-15,23,25,27,30H,5,16-22,24H2,1-4H3,(H,41,45). The number of amidine groups is 1. The van der Waals surface area contributed by atoms with Crippen LogP contribution < -0.4 is 19.9 Å². The molecular formula is C37H45F3N4O2S. The number of benzene rings is 3. The summed E-state index contributed by atoms with van der Waals surface area (Å²) in [5.74, 6) is 1.88. The molecule has 6 nitrogen and oxygen atoms in total. The van der Waals surface area contributed by atoms with Gasteiger partial charge in [0.15, 0.2) is 5.17 Å². The predicted octanol–water partition coefficient (Wildman–Crippen LogP) is 9.29. The lowest BCUT2D eigenvalue weighted by Crippen LogP contribution is -2.36. The van der Waals surface area contributed by atoms with Gasteiger partial charge in [0.2, 0.25) is 0 Å². The van der Waals surface area contributed by atoms with Crippen LogP contribution in [0.2, 0.25) is 0 Å². The van der Waals surface area contributed by atoms with Gasteiger partial charge in [-0.3, -0.25) is 0 Å². The van der Waals surface area contributed by atoms with Crippen molar-refractivity contribution in [1.29, 1.82) is 0 Å². The van der Waals surface area contributed by atoms with Crippen LogP contribution in [0.4, 0.5) is 29.3 Å². The van der Waals surface area contributed by atoms with E-state index < -0.39 is 6.36 Å². The van der Waals surface area contributed by atoms with Crippen LogP contribution >= 0.6 is 11.8 Å². The summed E-state index contributed by atoms with van der Waals surface area (Å²) in [6.45, 7) is 11.8. The molecular weight excluding hydrogens is 621 g/mol. The number of alkyl halides is 3. The van der Waals surface area contributed by atoms with E-state index in [1.807, 2.05) is 0 Å². The van der Waals surface area contributed by atoms with E-state index in [2.05, 4.69) is 95.0 Å². The molecule has 2 atom stereocenters. The minimum absolute atomic E-state index is 0.206. The van der Waals surface area contributed by atoms with Crippen molar-refractivity contribution in [2.24, 2.45) is 10.9 Å². The molecule has 2 aliphatic rings. The van der Waals surface area contributed by atoms with E-state index >= 15 is 0 Å². The fourth-order valence-electron chi connectivity index (χ4n) is 6.36. The van der Waals surface area contributed by atoms with E-state index in [0.717, 1.165) is 67.6 Å². The molecule has 5 rings (SSSR count). The molecule has 10 heteroatoms. The number of aliphatic imine (C=N–C) groups is 1. The van der Waals surface area contributed by atoms with Gasteiger partial charge >= 0.3 is 12.4 Å². The number of anilines is 2. The molecule has 2 saturated heterocycles. The van der Waals surface area contributed by atoms with E-state index in [1.165, 1.54) is 34.4 Å². The first-order valence-corrected chi connectivity index (χ1v) is 17.5. The third-order valence-corrected chi connectivity index (χ3v) is 9.92. The highest BCUT2D eigenvalue weighted by Gasteiger charge is 2.31. The first-order valence-electron chi connectivity index (χ1n) is 16.5. The summed E-state index contributed by atoms with van der Waals surface area (Å²) < 4.78 is 41.4. The number of thioether (sulfide) groups is 1. The van der Waals surface area contributed by atoms with E-state index in [9.17, 15) is 18.0 Å². The molecule has 2 unspecified atom stereocenters. The molecule has 0 saturated carbocycles. The number of hydrogen-bond donors (Lipinski definition) is 1. The minimum Gasteiger partial charge on any atom is -0.406 e. The van der Waals surface area contributed by atoms with Crippen molar-refractivity contribution in [2.45, 2.75) is 71.6 Å². The first kappa shape index (κ1) is 34.7. The summed E-state index contributed by atoms with van der Waals surface area (Å²) in [5, 5.41) is 3.79. The second-order valence-electron chi connectivity index (χ2n) is 13.0. The molecule has 2 aliphatic heterocycles. The molecule has 2 fully saturated rings. The highest BCUT2D eigenvalue weighted by molar-refractivity contribution is 8.14. The molecule has 47 heavy (non-hydrogen) atoms. The maximum atomic E-state index is 12.9. The smallest absolute Gasteiger partial charge is 0.406 e. The lowest BCUT2D eigenvalue weighted by atomic mass is 9.93. The van der Waals surface area contributed by atoms with Gasteiger partial charge in [-0.25, -0.2) is 4.79 Å². The number of carbonyl (C=O) groups is 1. The molecule has 0 bridgehead atoms. The summed E-state index contributed by atoms with van der Waals surface area (Å²) in [6, 6.07) is 21.1. The minimum atomic E-state index is -4.69. The molecule has 0 aliphatic carbocycles. The third-order valence-electron chi connectivity index (χ3n) is 8.86. The number of halogens is 3. The molecule has 3 aromatic rings. The fourth-order valence-corrected chi connectivity index (χ4v) is 7.31. The Hall–Kier alpha value is -3.66. The van der Waals surface area contributed by atoms with Crippen LogP contribution in [-0.2, 0) is 6.42 Å². The third kappa shape index (κ3) is 9.69. The highest BCUT2D eigenvalue weighted by atomic mass is 32.2. The van der Waals surface area contributed by atoms with E-state index in [0.29, 0.717) is 24.3 Å². The average molecular weight is 667 g/mol. The van der Waals surface area contributed by atoms with Gasteiger partial charge in [-0.15, -0.1) is 13.2 Å². The topological polar surface area (TPSA) is 57.2 Å². The summed E-state index contributed by atoms with van der Waals surface area (Å²) in [6.07, 6.45) is -0.874. The Kier molecular flexibility index (Phi) is 11.4. The predicted molar refractivity (Wildman–Crippen MR) is 187 cm³/mol. The lowest BCUT2D eigenvalue weighted by molar-refractivity contribution is -0.274. The number of urea groups is 1. The Labute approximate surface area is 280 Å². The molecule has 252 valence electrons. The summed E-state index contributed by atoms with van der Waals surface area (Å²) >= 11 is 1.65. The first-order chi connectivity index (χ1) is 22.4. The van der Waals surface area contributed by atoms with Crippen molar-refractivity contribution in [3.63, 3.8) is 0 Å². The summed E-state index contributed by atoms with van der Waals surface area (Å²) in [7, 11) is 0. The van der Waals surface area contributed by atoms with Gasteiger partial charge in [0.25, 0.3) is 0 Å². The Bertz CT molecular complexity index is 1530. The lowest BCUT2D eigenvalue weighted by Gasteiger charge is -2.32. The van der Waals surface area contributed by atoms with Crippen molar-refractivity contribution < 1.29 is 22.7 Å². The molecule has 2 amide bonds. The number of ether oxygens (including phenoxy) is 1. The Morgan fingerprint density at radius 3 is 2.49 bits per heavy atom. The van der Waals surface area contributed by atoms with Crippen LogP contribution in [0.1, 0.15) is 74.1 Å². The number of hydrogen-bond acceptors (Lipinski definition) is 4. The van der Waals surface area contributed by atoms with Gasteiger partial charge in [0.05, 0.1) is 0 Å². The fraction of sp³-hybridized carbons (Fsp3) is 0.459. The number of carbonyl (C=O) groups excluding carboxylic acids is 1. The monoisotopic (exact) mass is 666 g/mol. The Balaban J connectivity index is 1.08. The Morgan fingerprint density at radius 2 is 1.79 bits per heavy atom. The second kappa shape index (κ2) is 15.5. The van der Waals surface area contributed by atoms with Crippen molar-refractivity contribution >= 4 is 34.3 Å². The maximum Gasteiger partial charge on any atom is 0.573 e. The van der Waals surface area contributed by atoms with Crippen LogP contribution in [0.25, 0.3) is 0 Å². The molecule has 1 N–H and O–H groups in total. The molecule has 0 aromatic heterocycles. The van der Waals surface area contributed by atoms with Crippen LogP contribution in [-0.4, -0.2) is 49.5 Å². The summed E-state index contributed by atoms with van der Waals surface area (Å²) in [4.78, 5) is 21.8. The summed E-state index contributed by atoms with van der Waals surface area (Å²) in [5.41, 5.74) is 7.04. The van der Waals surface area contributed by atoms with Gasteiger partial charge in [-0.05, 0) is 97.0 Å². The Morgan fingerprint density at radius 1 is 1.04 bits per heavy atom. The quantitative estimate of drug-likeness (QED) is 0.234. The zero-order valence-electron chi connectivity index (χ0n) is 27.6. The number of aryl methyl sites for hydroxylation is 1. The molecule has 0 radical (unpaired) electrons. The van der Waals surface area contributed by atoms with Crippen LogP contribution in [0.5, 0.6) is 5.75 Å². The van der Waals surface area contributed by atoms with Crippen LogP contribution in [0.15, 0.2) is 71.7 Å². The van der Waals surface area contributed by atoms with Gasteiger partial charge in [0, 0.05) is 49.2 Å². The van der Waals surface area contributed by atoms with Crippen molar-refractivity contribution in [3.8, 4) is 5.75 Å². The average Bonchev–Trinajstić information content (AvgIpc) is 3.51. The van der Waals surface area contributed by atoms with Gasteiger partial charge in [-0.2, -0.15) is 4.99 Å². The highest BCUT2D eigenvalue weighted by Crippen LogP contribution is 2.34. The van der Waals surface area contributed by atoms with Crippen molar-refractivity contribution in [3.05, 3.63) is 89.0 Å². The number of nitrogens with one attached hydrogen (secondary N) is 1. The molecule has 3 aromatic carbocycles. The second-order valence-corrected chi connectivity index (χ2v) is 14.1. The normalized spacial score (nSPS) is 18.6. The van der Waals surface area contributed by atoms with Gasteiger partial charge in [0.1, 0.15) is 5.75 Å². The largest absolute Gasteiger partial charge is 0.573 e. The van der Waals surface area contributed by atoms with E-state index in [-0.39, 0.29) is 11.8 Å². The van der Waals surface area contributed by atoms with Crippen molar-refractivity contribution in [1.82, 2.24) is 5.32 Å². The molecule has 0 spiro atoms. The maximum absolute atomic E-state index is 12.9.